The lowest BCUT2D eigenvalue weighted by atomic mass is 9.73. The molecule has 152 valence electrons. The second kappa shape index (κ2) is 7.93. The Hall–Kier alpha value is -3.57. The number of amides is 1. The maximum Gasteiger partial charge on any atom is 0.244 e. The minimum atomic E-state index is -0.812. The number of aromatic nitrogens is 3. The molecule has 0 spiro atoms. The van der Waals surface area contributed by atoms with Gasteiger partial charge in [-0.25, -0.2) is 4.98 Å². The minimum absolute atomic E-state index is 0.0100. The van der Waals surface area contributed by atoms with Gasteiger partial charge in [-0.05, 0) is 72.5 Å². The summed E-state index contributed by atoms with van der Waals surface area (Å²) in [6.07, 6.45) is 9.85. The van der Waals surface area contributed by atoms with Crippen LogP contribution in [0.4, 0.5) is 11.5 Å². The molecule has 5 nitrogen and oxygen atoms in total. The molecule has 5 rings (SSSR count). The van der Waals surface area contributed by atoms with Crippen LogP contribution < -0.4 is 4.90 Å². The molecule has 1 atom stereocenters. The Morgan fingerprint density at radius 1 is 0.806 bits per heavy atom. The predicted molar refractivity (Wildman–Crippen MR) is 120 cm³/mol. The van der Waals surface area contributed by atoms with Crippen LogP contribution in [0.1, 0.15) is 16.7 Å². The molecule has 0 saturated heterocycles. The van der Waals surface area contributed by atoms with Crippen LogP contribution in [0, 0.1) is 0 Å². The third kappa shape index (κ3) is 3.47. The standard InChI is InChI=1S/C25H19ClN4O/c26-20-5-7-21(8-6-20)30-23-22(4-2-12-29-23)25(24(30)31,15-18-9-13-27-14-10-18)16-19-3-1-11-28-17-19/h1-14,17H,15-16H2. The highest BCUT2D eigenvalue weighted by molar-refractivity contribution is 6.30. The maximum atomic E-state index is 14.2. The first-order valence-corrected chi connectivity index (χ1v) is 10.4. The lowest BCUT2D eigenvalue weighted by Crippen LogP contribution is -2.42. The predicted octanol–water partition coefficient (Wildman–Crippen LogP) is 4.93. The summed E-state index contributed by atoms with van der Waals surface area (Å²) in [5, 5.41) is 0.620. The molecule has 4 aromatic rings. The number of carbonyl (C=O) groups excluding carboxylic acids is 1. The van der Waals surface area contributed by atoms with Crippen LogP contribution in [-0.4, -0.2) is 20.9 Å². The Bertz CT molecular complexity index is 1170. The number of pyridine rings is 3. The van der Waals surface area contributed by atoms with Crippen molar-refractivity contribution in [2.45, 2.75) is 18.3 Å². The van der Waals surface area contributed by atoms with Gasteiger partial charge in [0.05, 0.1) is 11.1 Å². The number of fused-ring (bicyclic) bond motifs is 1. The second-order valence-corrected chi connectivity index (χ2v) is 8.08. The average Bonchev–Trinajstić information content (AvgIpc) is 3.04. The van der Waals surface area contributed by atoms with Crippen molar-refractivity contribution in [3.8, 4) is 0 Å². The fraction of sp³-hybridized carbons (Fsp3) is 0.120. The van der Waals surface area contributed by atoms with Gasteiger partial charge in [-0.3, -0.25) is 19.7 Å². The molecule has 0 fully saturated rings. The summed E-state index contributed by atoms with van der Waals surface area (Å²) in [5.74, 6) is 0.650. The normalized spacial score (nSPS) is 17.6. The Kier molecular flexibility index (Phi) is 4.96. The molecule has 4 heterocycles. The Morgan fingerprint density at radius 3 is 2.29 bits per heavy atom. The number of carbonyl (C=O) groups is 1. The van der Waals surface area contributed by atoms with Gasteiger partial charge in [0, 0.05) is 41.6 Å². The first-order chi connectivity index (χ1) is 15.2. The molecule has 0 N–H and O–H groups in total. The number of anilines is 2. The van der Waals surface area contributed by atoms with Crippen LogP contribution >= 0.6 is 11.6 Å². The second-order valence-electron chi connectivity index (χ2n) is 7.64. The van der Waals surface area contributed by atoms with Gasteiger partial charge in [-0.1, -0.05) is 23.7 Å². The van der Waals surface area contributed by atoms with E-state index in [1.54, 1.807) is 41.8 Å². The monoisotopic (exact) mass is 426 g/mol. The van der Waals surface area contributed by atoms with E-state index in [0.717, 1.165) is 22.4 Å². The van der Waals surface area contributed by atoms with E-state index < -0.39 is 5.41 Å². The fourth-order valence-electron chi connectivity index (χ4n) is 4.31. The summed E-state index contributed by atoms with van der Waals surface area (Å²) in [7, 11) is 0. The van der Waals surface area contributed by atoms with Crippen molar-refractivity contribution < 1.29 is 4.79 Å². The minimum Gasteiger partial charge on any atom is -0.273 e. The lowest BCUT2D eigenvalue weighted by Gasteiger charge is -2.29. The Balaban J connectivity index is 1.69. The van der Waals surface area contributed by atoms with E-state index in [-0.39, 0.29) is 5.91 Å². The number of benzene rings is 1. The highest BCUT2D eigenvalue weighted by Gasteiger charge is 2.52. The largest absolute Gasteiger partial charge is 0.273 e. The number of nitrogens with zero attached hydrogens (tertiary/aromatic N) is 4. The zero-order valence-electron chi connectivity index (χ0n) is 16.6. The summed E-state index contributed by atoms with van der Waals surface area (Å²) in [6, 6.07) is 19.0. The number of rotatable bonds is 5. The average molecular weight is 427 g/mol. The van der Waals surface area contributed by atoms with Crippen LogP contribution in [0.3, 0.4) is 0 Å². The molecule has 6 heteroatoms. The Morgan fingerprint density at radius 2 is 1.55 bits per heavy atom. The van der Waals surface area contributed by atoms with E-state index in [2.05, 4.69) is 15.0 Å². The third-order valence-electron chi connectivity index (χ3n) is 5.70. The molecule has 1 aliphatic rings. The smallest absolute Gasteiger partial charge is 0.244 e. The molecular weight excluding hydrogens is 408 g/mol. The van der Waals surface area contributed by atoms with Gasteiger partial charge in [0.15, 0.2) is 0 Å². The van der Waals surface area contributed by atoms with E-state index in [0.29, 0.717) is 23.7 Å². The van der Waals surface area contributed by atoms with Crippen LogP contribution in [0.5, 0.6) is 0 Å². The number of hydrogen-bond acceptors (Lipinski definition) is 4. The molecule has 1 unspecified atom stereocenters. The van der Waals surface area contributed by atoms with Gasteiger partial charge < -0.3 is 0 Å². The number of halogens is 1. The summed E-state index contributed by atoms with van der Waals surface area (Å²) >= 11 is 6.09. The van der Waals surface area contributed by atoms with Gasteiger partial charge in [0.2, 0.25) is 5.91 Å². The molecule has 31 heavy (non-hydrogen) atoms. The molecule has 1 amide bonds. The molecule has 0 aliphatic carbocycles. The maximum absolute atomic E-state index is 14.2. The van der Waals surface area contributed by atoms with Crippen molar-refractivity contribution in [3.63, 3.8) is 0 Å². The molecule has 1 aromatic carbocycles. The highest BCUT2D eigenvalue weighted by Crippen LogP contribution is 2.47. The molecular formula is C25H19ClN4O. The van der Waals surface area contributed by atoms with Crippen LogP contribution in [0.15, 0.2) is 91.6 Å². The molecule has 3 aromatic heterocycles. The van der Waals surface area contributed by atoms with E-state index in [1.165, 1.54) is 0 Å². The summed E-state index contributed by atoms with van der Waals surface area (Å²) in [6.45, 7) is 0. The Labute approximate surface area is 185 Å². The van der Waals surface area contributed by atoms with E-state index in [1.807, 2.05) is 54.7 Å². The highest BCUT2D eigenvalue weighted by atomic mass is 35.5. The van der Waals surface area contributed by atoms with Crippen molar-refractivity contribution in [2.75, 3.05) is 4.90 Å². The zero-order chi connectivity index (χ0) is 21.3. The lowest BCUT2D eigenvalue weighted by molar-refractivity contribution is -0.122. The SMILES string of the molecule is O=C1N(c2ccc(Cl)cc2)c2ncccc2C1(Cc1ccncc1)Cc1cccnc1. The van der Waals surface area contributed by atoms with Crippen LogP contribution in [-0.2, 0) is 23.1 Å². The first-order valence-electron chi connectivity index (χ1n) is 10.0. The molecule has 1 aliphatic heterocycles. The van der Waals surface area contributed by atoms with Gasteiger partial charge in [-0.2, -0.15) is 0 Å². The van der Waals surface area contributed by atoms with Crippen molar-refractivity contribution in [1.29, 1.82) is 0 Å². The van der Waals surface area contributed by atoms with Gasteiger partial charge >= 0.3 is 0 Å². The topological polar surface area (TPSA) is 59.0 Å². The van der Waals surface area contributed by atoms with Crippen LogP contribution in [0.25, 0.3) is 0 Å². The van der Waals surface area contributed by atoms with Gasteiger partial charge in [0.25, 0.3) is 0 Å². The van der Waals surface area contributed by atoms with Crippen molar-refractivity contribution in [1.82, 2.24) is 15.0 Å². The van der Waals surface area contributed by atoms with Crippen molar-refractivity contribution in [3.05, 3.63) is 113 Å². The van der Waals surface area contributed by atoms with Crippen LogP contribution in [0.2, 0.25) is 5.02 Å². The third-order valence-corrected chi connectivity index (χ3v) is 5.95. The summed E-state index contributed by atoms with van der Waals surface area (Å²) < 4.78 is 0. The zero-order valence-corrected chi connectivity index (χ0v) is 17.4. The van der Waals surface area contributed by atoms with Crippen molar-refractivity contribution in [2.24, 2.45) is 0 Å². The molecule has 0 bridgehead atoms. The number of hydrogen-bond donors (Lipinski definition) is 0. The van der Waals surface area contributed by atoms with Gasteiger partial charge in [0.1, 0.15) is 5.82 Å². The fourth-order valence-corrected chi connectivity index (χ4v) is 4.43. The van der Waals surface area contributed by atoms with E-state index in [9.17, 15) is 4.79 Å². The first kappa shape index (κ1) is 19.4. The van der Waals surface area contributed by atoms with Crippen molar-refractivity contribution >= 4 is 29.0 Å². The molecule has 0 saturated carbocycles. The van der Waals surface area contributed by atoms with E-state index in [4.69, 9.17) is 11.6 Å². The quantitative estimate of drug-likeness (QED) is 0.454. The van der Waals surface area contributed by atoms with Gasteiger partial charge in [-0.15, -0.1) is 0 Å². The summed E-state index contributed by atoms with van der Waals surface area (Å²) in [4.78, 5) is 28.9. The van der Waals surface area contributed by atoms with E-state index >= 15 is 0 Å². The molecule has 0 radical (unpaired) electrons. The summed E-state index contributed by atoms with van der Waals surface area (Å²) in [5.41, 5.74) is 2.89.